The van der Waals surface area contributed by atoms with Gasteiger partial charge in [0.2, 0.25) is 0 Å². The van der Waals surface area contributed by atoms with Gasteiger partial charge in [0, 0.05) is 27.3 Å². The number of rotatable bonds is 6. The molecule has 0 bridgehead atoms. The minimum atomic E-state index is -0.558. The Kier molecular flexibility index (Phi) is 7.54. The Labute approximate surface area is 233 Å². The number of carbonyl (C=O) groups excluding carboxylic acids is 2. The SMILES string of the molecule is O=C(Nc1ccccc1)c1ccc2c(N=Nc3cc(Cl)ccc3Cl)c(O)c(C(=O)Nc3ccccc3)cc2c1. The molecule has 0 heterocycles. The second kappa shape index (κ2) is 11.3. The summed E-state index contributed by atoms with van der Waals surface area (Å²) in [5, 5.41) is 26.9. The Balaban J connectivity index is 1.60. The third-order valence-corrected chi connectivity index (χ3v) is 6.38. The van der Waals surface area contributed by atoms with Crippen molar-refractivity contribution in [2.75, 3.05) is 10.6 Å². The highest BCUT2D eigenvalue weighted by molar-refractivity contribution is 6.35. The minimum absolute atomic E-state index is 0.0387. The van der Waals surface area contributed by atoms with Gasteiger partial charge in [-0.05, 0) is 66.0 Å². The third kappa shape index (κ3) is 5.90. The summed E-state index contributed by atoms with van der Waals surface area (Å²) in [6.07, 6.45) is 0. The van der Waals surface area contributed by atoms with E-state index >= 15 is 0 Å². The zero-order valence-electron chi connectivity index (χ0n) is 20.2. The summed E-state index contributed by atoms with van der Waals surface area (Å²) in [6, 6.07) is 29.0. The van der Waals surface area contributed by atoms with Crippen LogP contribution in [0.3, 0.4) is 0 Å². The molecular weight excluding hydrogens is 535 g/mol. The summed E-state index contributed by atoms with van der Waals surface area (Å²) in [7, 11) is 0. The van der Waals surface area contributed by atoms with Crippen molar-refractivity contribution >= 4 is 68.5 Å². The number of anilines is 2. The van der Waals surface area contributed by atoms with E-state index < -0.39 is 5.91 Å². The van der Waals surface area contributed by atoms with Gasteiger partial charge in [-0.1, -0.05) is 65.7 Å². The number of benzene rings is 5. The molecule has 5 aromatic carbocycles. The van der Waals surface area contributed by atoms with Crippen LogP contribution in [0.5, 0.6) is 5.75 Å². The van der Waals surface area contributed by atoms with Crippen LogP contribution in [0, 0.1) is 0 Å². The van der Waals surface area contributed by atoms with Gasteiger partial charge in [-0.25, -0.2) is 0 Å². The number of halogens is 2. The number of hydrogen-bond donors (Lipinski definition) is 3. The molecule has 0 atom stereocenters. The number of azo groups is 1. The van der Waals surface area contributed by atoms with Crippen molar-refractivity contribution in [3.05, 3.63) is 124 Å². The van der Waals surface area contributed by atoms with E-state index in [0.717, 1.165) is 0 Å². The quantitative estimate of drug-likeness (QED) is 0.183. The Morgan fingerprint density at radius 1 is 0.692 bits per heavy atom. The molecule has 39 heavy (non-hydrogen) atoms. The van der Waals surface area contributed by atoms with E-state index in [9.17, 15) is 14.7 Å². The van der Waals surface area contributed by atoms with E-state index in [0.29, 0.717) is 37.8 Å². The van der Waals surface area contributed by atoms with E-state index in [1.165, 1.54) is 12.1 Å². The third-order valence-electron chi connectivity index (χ3n) is 5.82. The van der Waals surface area contributed by atoms with Crippen LogP contribution in [0.4, 0.5) is 22.7 Å². The van der Waals surface area contributed by atoms with Crippen molar-refractivity contribution in [3.8, 4) is 5.75 Å². The van der Waals surface area contributed by atoms with Crippen LogP contribution in [0.1, 0.15) is 20.7 Å². The van der Waals surface area contributed by atoms with Crippen LogP contribution in [0.2, 0.25) is 10.0 Å². The molecule has 0 aliphatic heterocycles. The van der Waals surface area contributed by atoms with Gasteiger partial charge < -0.3 is 15.7 Å². The second-order valence-electron chi connectivity index (χ2n) is 8.49. The van der Waals surface area contributed by atoms with Crippen molar-refractivity contribution in [3.63, 3.8) is 0 Å². The van der Waals surface area contributed by atoms with E-state index in [-0.39, 0.29) is 28.6 Å². The summed E-state index contributed by atoms with van der Waals surface area (Å²) in [5.41, 5.74) is 1.83. The van der Waals surface area contributed by atoms with Crippen LogP contribution in [-0.2, 0) is 0 Å². The number of phenolic OH excluding ortho intramolecular Hbond substituents is 1. The van der Waals surface area contributed by atoms with Gasteiger partial charge >= 0.3 is 0 Å². The Morgan fingerprint density at radius 3 is 2.00 bits per heavy atom. The van der Waals surface area contributed by atoms with Gasteiger partial charge in [0.15, 0.2) is 5.75 Å². The number of nitrogens with zero attached hydrogens (tertiary/aromatic N) is 2. The summed E-state index contributed by atoms with van der Waals surface area (Å²) < 4.78 is 0. The molecule has 0 saturated carbocycles. The lowest BCUT2D eigenvalue weighted by molar-refractivity contribution is 0.101. The number of amides is 2. The molecule has 5 aromatic rings. The van der Waals surface area contributed by atoms with Crippen LogP contribution in [0.25, 0.3) is 10.8 Å². The highest BCUT2D eigenvalue weighted by atomic mass is 35.5. The van der Waals surface area contributed by atoms with Crippen LogP contribution < -0.4 is 10.6 Å². The standard InChI is InChI=1S/C30H20Cl2N4O3/c31-20-12-14-25(32)26(17-20)35-36-27-23-13-11-18(29(38)33-21-7-3-1-4-8-21)15-19(23)16-24(28(27)37)30(39)34-22-9-5-2-6-10-22/h1-17,37H,(H,33,38)(H,34,39). The monoisotopic (exact) mass is 554 g/mol. The van der Waals surface area contributed by atoms with Crippen molar-refractivity contribution in [1.82, 2.24) is 0 Å². The molecule has 0 spiro atoms. The fraction of sp³-hybridized carbons (Fsp3) is 0. The lowest BCUT2D eigenvalue weighted by Crippen LogP contribution is -2.13. The topological polar surface area (TPSA) is 103 Å². The number of carbonyl (C=O) groups is 2. The summed E-state index contributed by atoms with van der Waals surface area (Å²) in [6.45, 7) is 0. The van der Waals surface area contributed by atoms with Crippen LogP contribution in [-0.4, -0.2) is 16.9 Å². The molecule has 0 radical (unpaired) electrons. The Hall–Kier alpha value is -4.72. The maximum Gasteiger partial charge on any atom is 0.259 e. The van der Waals surface area contributed by atoms with Gasteiger partial charge in [0.25, 0.3) is 11.8 Å². The predicted octanol–water partition coefficient (Wildman–Crippen LogP) is 8.77. The van der Waals surface area contributed by atoms with Gasteiger partial charge in [-0.2, -0.15) is 0 Å². The number of nitrogens with one attached hydrogen (secondary N) is 2. The normalized spacial score (nSPS) is 11.0. The Morgan fingerprint density at radius 2 is 1.33 bits per heavy atom. The molecule has 0 aliphatic carbocycles. The molecule has 0 unspecified atom stereocenters. The molecule has 0 aromatic heterocycles. The minimum Gasteiger partial charge on any atom is -0.505 e. The van der Waals surface area contributed by atoms with E-state index in [1.807, 2.05) is 24.3 Å². The summed E-state index contributed by atoms with van der Waals surface area (Å²) >= 11 is 12.3. The summed E-state index contributed by atoms with van der Waals surface area (Å²) in [5.74, 6) is -1.27. The molecule has 0 aliphatic rings. The van der Waals surface area contributed by atoms with Crippen LogP contribution in [0.15, 0.2) is 113 Å². The first kappa shape index (κ1) is 25.9. The van der Waals surface area contributed by atoms with Gasteiger partial charge in [0.05, 0.1) is 10.6 Å². The van der Waals surface area contributed by atoms with Crippen molar-refractivity contribution in [1.29, 1.82) is 0 Å². The smallest absolute Gasteiger partial charge is 0.259 e. The lowest BCUT2D eigenvalue weighted by Gasteiger charge is -2.12. The predicted molar refractivity (Wildman–Crippen MR) is 155 cm³/mol. The molecule has 2 amide bonds. The number of aromatic hydroxyl groups is 1. The molecule has 0 fully saturated rings. The van der Waals surface area contributed by atoms with Gasteiger partial charge in [0.1, 0.15) is 11.4 Å². The van der Waals surface area contributed by atoms with Gasteiger partial charge in [-0.3, -0.25) is 9.59 Å². The van der Waals surface area contributed by atoms with Crippen LogP contribution >= 0.6 is 23.2 Å². The van der Waals surface area contributed by atoms with Crippen molar-refractivity contribution in [2.24, 2.45) is 10.2 Å². The first-order valence-electron chi connectivity index (χ1n) is 11.8. The molecule has 5 rings (SSSR count). The van der Waals surface area contributed by atoms with E-state index in [2.05, 4.69) is 20.9 Å². The Bertz CT molecular complexity index is 1730. The lowest BCUT2D eigenvalue weighted by atomic mass is 10.0. The fourth-order valence-electron chi connectivity index (χ4n) is 3.90. The van der Waals surface area contributed by atoms with E-state index in [4.69, 9.17) is 23.2 Å². The first-order chi connectivity index (χ1) is 18.9. The summed E-state index contributed by atoms with van der Waals surface area (Å²) in [4.78, 5) is 26.1. The molecule has 192 valence electrons. The second-order valence-corrected chi connectivity index (χ2v) is 9.34. The molecule has 7 nitrogen and oxygen atoms in total. The number of phenols is 1. The highest BCUT2D eigenvalue weighted by Gasteiger charge is 2.20. The first-order valence-corrected chi connectivity index (χ1v) is 12.5. The fourth-order valence-corrected chi connectivity index (χ4v) is 4.23. The largest absolute Gasteiger partial charge is 0.505 e. The molecule has 0 saturated heterocycles. The zero-order valence-corrected chi connectivity index (χ0v) is 21.7. The number of fused-ring (bicyclic) bond motifs is 1. The average molecular weight is 555 g/mol. The maximum absolute atomic E-state index is 13.2. The van der Waals surface area contributed by atoms with Gasteiger partial charge in [-0.15, -0.1) is 10.2 Å². The molecule has 9 heteroatoms. The highest BCUT2D eigenvalue weighted by Crippen LogP contribution is 2.41. The maximum atomic E-state index is 13.2. The number of hydrogen-bond acceptors (Lipinski definition) is 5. The van der Waals surface area contributed by atoms with E-state index in [1.54, 1.807) is 66.7 Å². The van der Waals surface area contributed by atoms with Crippen molar-refractivity contribution in [2.45, 2.75) is 0 Å². The molecular formula is C30H20Cl2N4O3. The zero-order chi connectivity index (χ0) is 27.4. The average Bonchev–Trinajstić information content (AvgIpc) is 2.94. The number of para-hydroxylation sites is 2. The van der Waals surface area contributed by atoms with Crippen molar-refractivity contribution < 1.29 is 14.7 Å². The molecule has 3 N–H and O–H groups in total.